The molecule has 1 aromatic rings. The van der Waals surface area contributed by atoms with Crippen LogP contribution in [0.1, 0.15) is 31.2 Å². The summed E-state index contributed by atoms with van der Waals surface area (Å²) in [6.07, 6.45) is 6.90. The number of hydrogen-bond donors (Lipinski definition) is 2. The Bertz CT molecular complexity index is 470. The molecule has 20 heavy (non-hydrogen) atoms. The molecule has 1 aliphatic carbocycles. The molecule has 0 aromatic heterocycles. The van der Waals surface area contributed by atoms with Crippen LogP contribution in [-0.2, 0) is 4.79 Å². The summed E-state index contributed by atoms with van der Waals surface area (Å²) in [7, 11) is 0. The average Bonchev–Trinajstić information content (AvgIpc) is 2.45. The molecule has 2 rings (SSSR count). The van der Waals surface area contributed by atoms with E-state index < -0.39 is 0 Å². The Balaban J connectivity index is 1.76. The van der Waals surface area contributed by atoms with Gasteiger partial charge in [-0.05, 0) is 49.0 Å². The first-order chi connectivity index (χ1) is 9.63. The molecular formula is C16H20ClNO2. The first kappa shape index (κ1) is 15.1. The number of aliphatic hydroxyl groups excluding tert-OH is 1. The van der Waals surface area contributed by atoms with Gasteiger partial charge in [0.15, 0.2) is 0 Å². The molecule has 1 saturated carbocycles. The molecule has 0 aliphatic heterocycles. The van der Waals surface area contributed by atoms with Crippen molar-refractivity contribution in [3.8, 4) is 0 Å². The summed E-state index contributed by atoms with van der Waals surface area (Å²) in [5.41, 5.74) is 0.942. The molecule has 0 radical (unpaired) electrons. The third-order valence-corrected chi connectivity index (χ3v) is 3.87. The van der Waals surface area contributed by atoms with Crippen LogP contribution in [0.15, 0.2) is 30.3 Å². The molecule has 3 nitrogen and oxygen atoms in total. The first-order valence-corrected chi connectivity index (χ1v) is 7.41. The second-order valence-corrected chi connectivity index (χ2v) is 5.75. The van der Waals surface area contributed by atoms with E-state index >= 15 is 0 Å². The maximum Gasteiger partial charge on any atom is 0.244 e. The van der Waals surface area contributed by atoms with Crippen molar-refractivity contribution in [2.45, 2.75) is 31.8 Å². The van der Waals surface area contributed by atoms with Crippen molar-refractivity contribution in [3.05, 3.63) is 40.9 Å². The Labute approximate surface area is 124 Å². The van der Waals surface area contributed by atoms with Gasteiger partial charge in [0.2, 0.25) is 5.91 Å². The monoisotopic (exact) mass is 293 g/mol. The zero-order valence-corrected chi connectivity index (χ0v) is 12.1. The zero-order chi connectivity index (χ0) is 14.4. The fourth-order valence-electron chi connectivity index (χ4n) is 2.50. The highest BCUT2D eigenvalue weighted by molar-refractivity contribution is 6.30. The van der Waals surface area contributed by atoms with Gasteiger partial charge in [-0.25, -0.2) is 0 Å². The molecule has 1 aromatic carbocycles. The molecule has 0 bridgehead atoms. The zero-order valence-electron chi connectivity index (χ0n) is 11.4. The molecule has 2 N–H and O–H groups in total. The Morgan fingerprint density at radius 1 is 1.35 bits per heavy atom. The highest BCUT2D eigenvalue weighted by Gasteiger charge is 2.19. The van der Waals surface area contributed by atoms with E-state index in [-0.39, 0.29) is 12.0 Å². The lowest BCUT2D eigenvalue weighted by Gasteiger charge is -2.25. The highest BCUT2D eigenvalue weighted by atomic mass is 35.5. The minimum Gasteiger partial charge on any atom is -0.393 e. The number of halogens is 1. The molecule has 1 fully saturated rings. The smallest absolute Gasteiger partial charge is 0.244 e. The van der Waals surface area contributed by atoms with E-state index in [0.717, 1.165) is 31.2 Å². The van der Waals surface area contributed by atoms with Crippen molar-refractivity contribution in [2.24, 2.45) is 5.92 Å². The van der Waals surface area contributed by atoms with Crippen LogP contribution >= 0.6 is 11.6 Å². The van der Waals surface area contributed by atoms with Crippen LogP contribution in [0.2, 0.25) is 5.02 Å². The number of aliphatic hydroxyl groups is 1. The highest BCUT2D eigenvalue weighted by Crippen LogP contribution is 2.23. The first-order valence-electron chi connectivity index (χ1n) is 7.03. The SMILES string of the molecule is O=C(/C=C/c1ccc(Cl)cc1)NCC1CCCC(O)C1. The number of carbonyl (C=O) groups is 1. The lowest BCUT2D eigenvalue weighted by atomic mass is 9.87. The van der Waals surface area contributed by atoms with Crippen LogP contribution in [0.3, 0.4) is 0 Å². The quantitative estimate of drug-likeness (QED) is 0.839. The summed E-state index contributed by atoms with van der Waals surface area (Å²) >= 11 is 5.80. The fourth-order valence-corrected chi connectivity index (χ4v) is 2.62. The number of carbonyl (C=O) groups excluding carboxylic acids is 1. The average molecular weight is 294 g/mol. The second-order valence-electron chi connectivity index (χ2n) is 5.32. The second kappa shape index (κ2) is 7.46. The van der Waals surface area contributed by atoms with Gasteiger partial charge in [-0.2, -0.15) is 0 Å². The Morgan fingerprint density at radius 2 is 2.10 bits per heavy atom. The van der Waals surface area contributed by atoms with E-state index in [1.54, 1.807) is 18.2 Å². The van der Waals surface area contributed by atoms with Gasteiger partial charge in [0.05, 0.1) is 6.10 Å². The third-order valence-electron chi connectivity index (χ3n) is 3.62. The van der Waals surface area contributed by atoms with E-state index in [0.29, 0.717) is 17.5 Å². The normalized spacial score (nSPS) is 22.9. The summed E-state index contributed by atoms with van der Waals surface area (Å²) in [6.45, 7) is 0.640. The standard InChI is InChI=1S/C16H20ClNO2/c17-14-7-4-12(5-8-14)6-9-16(20)18-11-13-2-1-3-15(19)10-13/h4-9,13,15,19H,1-3,10-11H2,(H,18,20)/b9-6+. The van der Waals surface area contributed by atoms with Crippen LogP contribution in [0, 0.1) is 5.92 Å². The minimum atomic E-state index is -0.199. The van der Waals surface area contributed by atoms with E-state index in [9.17, 15) is 9.90 Å². The number of amides is 1. The topological polar surface area (TPSA) is 49.3 Å². The third kappa shape index (κ3) is 4.99. The molecule has 2 unspecified atom stereocenters. The summed E-state index contributed by atoms with van der Waals surface area (Å²) in [4.78, 5) is 11.7. The van der Waals surface area contributed by atoms with Gasteiger partial charge >= 0.3 is 0 Å². The molecule has 1 aliphatic rings. The van der Waals surface area contributed by atoms with Gasteiger partial charge in [0.1, 0.15) is 0 Å². The molecule has 0 spiro atoms. The van der Waals surface area contributed by atoms with Crippen LogP contribution in [-0.4, -0.2) is 23.7 Å². The maximum absolute atomic E-state index is 11.7. The van der Waals surface area contributed by atoms with Gasteiger partial charge in [0, 0.05) is 17.6 Å². The van der Waals surface area contributed by atoms with Crippen LogP contribution in [0.5, 0.6) is 0 Å². The fraction of sp³-hybridized carbons (Fsp3) is 0.438. The van der Waals surface area contributed by atoms with Gasteiger partial charge in [-0.15, -0.1) is 0 Å². The van der Waals surface area contributed by atoms with E-state index in [1.165, 1.54) is 6.08 Å². The number of nitrogens with one attached hydrogen (secondary N) is 1. The van der Waals surface area contributed by atoms with Gasteiger partial charge in [-0.3, -0.25) is 4.79 Å². The molecule has 0 heterocycles. The van der Waals surface area contributed by atoms with Gasteiger partial charge < -0.3 is 10.4 Å². The summed E-state index contributed by atoms with van der Waals surface area (Å²) < 4.78 is 0. The van der Waals surface area contributed by atoms with E-state index in [4.69, 9.17) is 11.6 Å². The summed E-state index contributed by atoms with van der Waals surface area (Å²) in [5.74, 6) is 0.298. The predicted molar refractivity (Wildman–Crippen MR) is 81.5 cm³/mol. The van der Waals surface area contributed by atoms with Crippen molar-refractivity contribution in [1.29, 1.82) is 0 Å². The van der Waals surface area contributed by atoms with Crippen molar-refractivity contribution in [3.63, 3.8) is 0 Å². The molecule has 0 saturated heterocycles. The summed E-state index contributed by atoms with van der Waals surface area (Å²) in [5, 5.41) is 13.2. The van der Waals surface area contributed by atoms with Crippen molar-refractivity contribution < 1.29 is 9.90 Å². The molecular weight excluding hydrogens is 274 g/mol. The van der Waals surface area contributed by atoms with Crippen LogP contribution in [0.25, 0.3) is 6.08 Å². The Kier molecular flexibility index (Phi) is 5.62. The van der Waals surface area contributed by atoms with Crippen molar-refractivity contribution in [1.82, 2.24) is 5.32 Å². The van der Waals surface area contributed by atoms with Crippen LogP contribution in [0.4, 0.5) is 0 Å². The Morgan fingerprint density at radius 3 is 2.80 bits per heavy atom. The summed E-state index contributed by atoms with van der Waals surface area (Å²) in [6, 6.07) is 7.32. The molecule has 1 amide bonds. The number of benzene rings is 1. The molecule has 2 atom stereocenters. The lowest BCUT2D eigenvalue weighted by Crippen LogP contribution is -2.32. The number of rotatable bonds is 4. The minimum absolute atomic E-state index is 0.0972. The van der Waals surface area contributed by atoms with Gasteiger partial charge in [-0.1, -0.05) is 30.2 Å². The van der Waals surface area contributed by atoms with E-state index in [2.05, 4.69) is 5.32 Å². The Hall–Kier alpha value is -1.32. The largest absolute Gasteiger partial charge is 0.393 e. The molecule has 4 heteroatoms. The van der Waals surface area contributed by atoms with Crippen molar-refractivity contribution in [2.75, 3.05) is 6.54 Å². The lowest BCUT2D eigenvalue weighted by molar-refractivity contribution is -0.116. The maximum atomic E-state index is 11.7. The molecule has 108 valence electrons. The number of hydrogen-bond acceptors (Lipinski definition) is 2. The van der Waals surface area contributed by atoms with Crippen LogP contribution < -0.4 is 5.32 Å². The van der Waals surface area contributed by atoms with Crippen molar-refractivity contribution >= 4 is 23.6 Å². The predicted octanol–water partition coefficient (Wildman–Crippen LogP) is 3.02. The van der Waals surface area contributed by atoms with Gasteiger partial charge in [0.25, 0.3) is 0 Å². The van der Waals surface area contributed by atoms with E-state index in [1.807, 2.05) is 12.1 Å².